The Labute approximate surface area is 77.1 Å². The maximum absolute atomic E-state index is 10.8. The normalized spacial score (nSPS) is 9.23. The smallest absolute Gasteiger partial charge is 0.335 e. The molecule has 1 N–H and O–H groups in total. The van der Waals surface area contributed by atoms with Gasteiger partial charge in [-0.2, -0.15) is 0 Å². The van der Waals surface area contributed by atoms with Gasteiger partial charge in [-0.05, 0) is 12.1 Å². The number of rotatable bonds is 2. The largest absolute Gasteiger partial charge is 0.504 e. The molecule has 0 atom stereocenters. The first kappa shape index (κ1) is 9.38. The van der Waals surface area contributed by atoms with E-state index in [1.165, 1.54) is 6.07 Å². The maximum atomic E-state index is 10.8. The molecule has 0 saturated heterocycles. The fourth-order valence-electron chi connectivity index (χ4n) is 0.853. The Bertz CT molecular complexity index is 347. The molecule has 0 saturated carbocycles. The highest BCUT2D eigenvalue weighted by Crippen LogP contribution is 2.23. The first-order valence-corrected chi connectivity index (χ1v) is 3.77. The molecule has 0 aromatic heterocycles. The zero-order valence-electron chi connectivity index (χ0n) is 7.28. The third kappa shape index (κ3) is 2.37. The first-order valence-electron chi connectivity index (χ1n) is 3.77. The van der Waals surface area contributed by atoms with Gasteiger partial charge in [0.2, 0.25) is 0 Å². The van der Waals surface area contributed by atoms with E-state index in [9.17, 15) is 9.90 Å². The summed E-state index contributed by atoms with van der Waals surface area (Å²) in [6.07, 6.45) is 1.04. The molecule has 4 heteroatoms. The minimum absolute atomic E-state index is 0.0548. The van der Waals surface area contributed by atoms with Crippen LogP contribution in [0.25, 0.3) is 0 Å². The SMILES string of the molecule is Bc1ccc(O)c(OC(=O)C=C)c1. The Kier molecular flexibility index (Phi) is 2.74. The van der Waals surface area contributed by atoms with Crippen molar-refractivity contribution < 1.29 is 14.6 Å². The van der Waals surface area contributed by atoms with Gasteiger partial charge in [-0.1, -0.05) is 18.1 Å². The lowest BCUT2D eigenvalue weighted by molar-refractivity contribution is -0.129. The number of hydrogen-bond donors (Lipinski definition) is 1. The van der Waals surface area contributed by atoms with Crippen LogP contribution in [0, 0.1) is 0 Å². The number of phenols is 1. The quantitative estimate of drug-likeness (QED) is 0.292. The molecule has 3 nitrogen and oxygen atoms in total. The van der Waals surface area contributed by atoms with Crippen LogP contribution in [-0.2, 0) is 4.79 Å². The molecule has 0 heterocycles. The van der Waals surface area contributed by atoms with Crippen LogP contribution in [0.3, 0.4) is 0 Å². The van der Waals surface area contributed by atoms with Crippen molar-refractivity contribution in [3.8, 4) is 11.5 Å². The van der Waals surface area contributed by atoms with Gasteiger partial charge < -0.3 is 9.84 Å². The molecule has 0 unspecified atom stereocenters. The molecule has 13 heavy (non-hydrogen) atoms. The summed E-state index contributed by atoms with van der Waals surface area (Å²) in [5.74, 6) is -0.480. The monoisotopic (exact) mass is 176 g/mol. The lowest BCUT2D eigenvalue weighted by atomic mass is 9.96. The highest BCUT2D eigenvalue weighted by atomic mass is 16.5. The lowest BCUT2D eigenvalue weighted by Crippen LogP contribution is -2.07. The molecule has 1 aromatic carbocycles. The van der Waals surface area contributed by atoms with Crippen molar-refractivity contribution in [2.45, 2.75) is 0 Å². The van der Waals surface area contributed by atoms with Gasteiger partial charge in [-0.15, -0.1) is 0 Å². The van der Waals surface area contributed by atoms with Crippen molar-refractivity contribution >= 4 is 19.3 Å². The molecule has 0 amide bonds. The second-order valence-electron chi connectivity index (χ2n) is 2.60. The van der Waals surface area contributed by atoms with Gasteiger partial charge >= 0.3 is 5.97 Å². The second kappa shape index (κ2) is 3.80. The standard InChI is InChI=1S/C9H9BO3/c1-2-9(12)13-8-5-6(10)3-4-7(8)11/h2-5,11H,1,10H2. The Morgan fingerprint density at radius 2 is 2.31 bits per heavy atom. The molecule has 1 aromatic rings. The van der Waals surface area contributed by atoms with Crippen molar-refractivity contribution in [2.24, 2.45) is 0 Å². The van der Waals surface area contributed by atoms with E-state index >= 15 is 0 Å². The van der Waals surface area contributed by atoms with Crippen molar-refractivity contribution in [2.75, 3.05) is 0 Å². The highest BCUT2D eigenvalue weighted by Gasteiger charge is 2.05. The number of benzene rings is 1. The third-order valence-electron chi connectivity index (χ3n) is 1.49. The van der Waals surface area contributed by atoms with E-state index in [1.54, 1.807) is 12.1 Å². The molecule has 0 aliphatic rings. The van der Waals surface area contributed by atoms with E-state index in [0.717, 1.165) is 11.5 Å². The van der Waals surface area contributed by atoms with E-state index in [1.807, 2.05) is 7.85 Å². The predicted molar refractivity (Wildman–Crippen MR) is 52.1 cm³/mol. The van der Waals surface area contributed by atoms with Crippen LogP contribution in [0.1, 0.15) is 0 Å². The summed E-state index contributed by atoms with van der Waals surface area (Å²) in [6, 6.07) is 4.78. The first-order chi connectivity index (χ1) is 6.13. The van der Waals surface area contributed by atoms with Gasteiger partial charge in [0.25, 0.3) is 0 Å². The number of esters is 1. The van der Waals surface area contributed by atoms with Crippen molar-refractivity contribution in [1.82, 2.24) is 0 Å². The van der Waals surface area contributed by atoms with Crippen LogP contribution in [0.5, 0.6) is 11.5 Å². The highest BCUT2D eigenvalue weighted by molar-refractivity contribution is 6.32. The van der Waals surface area contributed by atoms with E-state index in [0.29, 0.717) is 0 Å². The molecule has 0 fully saturated rings. The Morgan fingerprint density at radius 1 is 1.62 bits per heavy atom. The number of carbonyl (C=O) groups excluding carboxylic acids is 1. The van der Waals surface area contributed by atoms with E-state index in [4.69, 9.17) is 4.74 Å². The van der Waals surface area contributed by atoms with Gasteiger partial charge in [-0.3, -0.25) is 0 Å². The zero-order chi connectivity index (χ0) is 9.84. The molecule has 0 bridgehead atoms. The predicted octanol–water partition coefficient (Wildman–Crippen LogP) is -0.258. The van der Waals surface area contributed by atoms with Gasteiger partial charge in [-0.25, -0.2) is 4.79 Å². The topological polar surface area (TPSA) is 46.5 Å². The van der Waals surface area contributed by atoms with E-state index < -0.39 is 5.97 Å². The van der Waals surface area contributed by atoms with Crippen molar-refractivity contribution in [3.05, 3.63) is 30.9 Å². The minimum atomic E-state index is -0.583. The molecule has 0 aliphatic carbocycles. The maximum Gasteiger partial charge on any atom is 0.335 e. The van der Waals surface area contributed by atoms with Crippen molar-refractivity contribution in [3.63, 3.8) is 0 Å². The van der Waals surface area contributed by atoms with Crippen molar-refractivity contribution in [1.29, 1.82) is 0 Å². The molecule has 0 spiro atoms. The fourth-order valence-corrected chi connectivity index (χ4v) is 0.853. The van der Waals surface area contributed by atoms with Gasteiger partial charge in [0.1, 0.15) is 7.85 Å². The Hall–Kier alpha value is -1.71. The number of ether oxygens (including phenoxy) is 1. The Balaban J connectivity index is 2.93. The number of hydrogen-bond acceptors (Lipinski definition) is 3. The summed E-state index contributed by atoms with van der Waals surface area (Å²) in [5, 5.41) is 9.27. The van der Waals surface area contributed by atoms with Crippen LogP contribution >= 0.6 is 0 Å². The van der Waals surface area contributed by atoms with E-state index in [-0.39, 0.29) is 11.5 Å². The molecule has 0 radical (unpaired) electrons. The molecule has 66 valence electrons. The molecular formula is C9H9BO3. The molecular weight excluding hydrogens is 167 g/mol. The summed E-state index contributed by atoms with van der Waals surface area (Å²) in [6.45, 7) is 3.25. The van der Waals surface area contributed by atoms with Gasteiger partial charge in [0.05, 0.1) is 0 Å². The average Bonchev–Trinajstić information content (AvgIpc) is 2.11. The number of carbonyl (C=O) groups is 1. The lowest BCUT2D eigenvalue weighted by Gasteiger charge is -2.04. The fraction of sp³-hybridized carbons (Fsp3) is 0. The second-order valence-corrected chi connectivity index (χ2v) is 2.60. The summed E-state index contributed by atoms with van der Waals surface area (Å²) in [7, 11) is 1.84. The van der Waals surface area contributed by atoms with Crippen LogP contribution in [0.15, 0.2) is 30.9 Å². The third-order valence-corrected chi connectivity index (χ3v) is 1.49. The van der Waals surface area contributed by atoms with E-state index in [2.05, 4.69) is 6.58 Å². The van der Waals surface area contributed by atoms with Crippen LogP contribution in [-0.4, -0.2) is 18.9 Å². The summed E-state index contributed by atoms with van der Waals surface area (Å²) < 4.78 is 4.77. The zero-order valence-corrected chi connectivity index (χ0v) is 7.28. The number of aromatic hydroxyl groups is 1. The van der Waals surface area contributed by atoms with Crippen LogP contribution in [0.4, 0.5) is 0 Å². The van der Waals surface area contributed by atoms with Gasteiger partial charge in [0, 0.05) is 6.08 Å². The van der Waals surface area contributed by atoms with Crippen LogP contribution < -0.4 is 10.2 Å². The summed E-state index contributed by atoms with van der Waals surface area (Å²) >= 11 is 0. The van der Waals surface area contributed by atoms with Gasteiger partial charge in [0.15, 0.2) is 11.5 Å². The average molecular weight is 176 g/mol. The summed E-state index contributed by atoms with van der Waals surface area (Å²) in [5.41, 5.74) is 0.907. The number of phenolic OH excluding ortho intramolecular Hbond substituents is 1. The molecule has 1 rings (SSSR count). The Morgan fingerprint density at radius 3 is 2.92 bits per heavy atom. The molecule has 0 aliphatic heterocycles. The van der Waals surface area contributed by atoms with Crippen LogP contribution in [0.2, 0.25) is 0 Å². The summed E-state index contributed by atoms with van der Waals surface area (Å²) in [4.78, 5) is 10.8. The minimum Gasteiger partial charge on any atom is -0.504 e.